The first kappa shape index (κ1) is 65.9. The maximum atomic E-state index is 13.4. The summed E-state index contributed by atoms with van der Waals surface area (Å²) in [6.07, 6.45) is -0.764. The van der Waals surface area contributed by atoms with Gasteiger partial charge < -0.3 is 91.1 Å². The molecule has 436 valence electrons. The molecule has 1 fully saturated rings. The first-order chi connectivity index (χ1) is 36.4. The predicted octanol–water partition coefficient (Wildman–Crippen LogP) is -5.70. The third-order valence-corrected chi connectivity index (χ3v) is 11.8. The summed E-state index contributed by atoms with van der Waals surface area (Å²) in [7, 11) is 0. The van der Waals surface area contributed by atoms with E-state index in [1.165, 1.54) is 13.8 Å². The highest BCUT2D eigenvalue weighted by Crippen LogP contribution is 2.14. The Bertz CT molecular complexity index is 2290. The number of carbonyl (C=O) groups is 13. The minimum Gasteiger partial charge on any atom is -0.480 e. The van der Waals surface area contributed by atoms with Crippen molar-refractivity contribution in [2.75, 3.05) is 19.7 Å². The Hall–Kier alpha value is -8.19. The Morgan fingerprint density at radius 1 is 0.564 bits per heavy atom. The Morgan fingerprint density at radius 2 is 0.936 bits per heavy atom. The lowest BCUT2D eigenvalue weighted by atomic mass is 10.0. The lowest BCUT2D eigenvalue weighted by molar-refractivity contribution is -0.140. The van der Waals surface area contributed by atoms with Gasteiger partial charge in [-0.25, -0.2) is 19.2 Å². The molecule has 32 heteroatoms. The van der Waals surface area contributed by atoms with Crippen molar-refractivity contribution in [2.45, 2.75) is 166 Å². The average molecular weight is 1110 g/mol. The molecule has 78 heavy (non-hydrogen) atoms. The molecule has 0 aromatic rings. The number of hydrogen-bond acceptors (Lipinski definition) is 20. The second-order valence-electron chi connectivity index (χ2n) is 19.6. The number of urea groups is 2. The standard InChI is InChI=1S/2C23H38N8O8/c1-10(2)8-14(21(36)37)30-23(38)31-17(12-6-7-26-22(25)29-12)20(35)28-13(4-5-16(24)32)19(34)27-11(3)18(33)15-9-39-15;1-10(2)9-15(21(37)38)30-23(39)31-17(13-7-8-26-22(25)29-13)20(36)28-14(5-6-16(24)33)19(35)27-11(3)18(34)12(4)32/h10-15,17H,4-9H2,1-3H3,(H2,24,32)(H,27,34)(H,28,35)(H,36,37)(H3,25,26,29)(H2,30,31,38);10-11,13-15,17H,5-9H2,1-4H3,(H2,24,33)(H,27,35)(H,28,36)(H,37,38)(H3,25,26,29)(H2,30,31,39). The summed E-state index contributed by atoms with van der Waals surface area (Å²) in [5.41, 5.74) is 21.9. The highest BCUT2D eigenvalue weighted by atomic mass is 16.6. The maximum Gasteiger partial charge on any atom is 0.326 e. The lowest BCUT2D eigenvalue weighted by Crippen LogP contribution is -2.64. The molecule has 3 aliphatic heterocycles. The third-order valence-electron chi connectivity index (χ3n) is 11.8. The summed E-state index contributed by atoms with van der Waals surface area (Å²) in [5.74, 6) is -9.30. The lowest BCUT2D eigenvalue weighted by Gasteiger charge is -2.32. The SMILES string of the molecule is CC(=O)C(=O)C(C)NC(=O)C(CCC(N)=O)NC(=O)C(NC(=O)NC(CC(C)C)C(=O)O)C1CCN=C(N)N1.CC(C)CC(NC(=O)NC(C(=O)NC(CCC(N)=O)C(=O)NC(C)C(=O)C1CO1)C1CCN=C(N)N1)C(=O)O. The van der Waals surface area contributed by atoms with E-state index >= 15 is 0 Å². The first-order valence-electron chi connectivity index (χ1n) is 25.1. The molecule has 3 heterocycles. The van der Waals surface area contributed by atoms with Crippen LogP contribution < -0.4 is 76.1 Å². The summed E-state index contributed by atoms with van der Waals surface area (Å²) in [6.45, 7) is 11.7. The summed E-state index contributed by atoms with van der Waals surface area (Å²) >= 11 is 0. The molecule has 11 atom stereocenters. The number of hydrogen-bond donors (Lipinski definition) is 16. The minimum atomic E-state index is -1.37. The van der Waals surface area contributed by atoms with Crippen molar-refractivity contribution >= 4 is 88.7 Å². The van der Waals surface area contributed by atoms with Gasteiger partial charge in [0, 0.05) is 32.9 Å². The van der Waals surface area contributed by atoms with Crippen LogP contribution in [0.1, 0.15) is 99.8 Å². The number of Topliss-reactive ketones (excluding diaryl/α,β-unsaturated/α-hetero) is 3. The van der Waals surface area contributed by atoms with Gasteiger partial charge in [0.05, 0.1) is 30.8 Å². The molecule has 0 radical (unpaired) electrons. The number of amides is 10. The molecule has 0 bridgehead atoms. The van der Waals surface area contributed by atoms with E-state index in [9.17, 15) is 72.5 Å². The number of rotatable bonds is 30. The van der Waals surface area contributed by atoms with Crippen LogP contribution in [0.5, 0.6) is 0 Å². The molecule has 0 aromatic heterocycles. The second kappa shape index (κ2) is 31.8. The normalized spacial score (nSPS) is 19.5. The number of guanidine groups is 2. The van der Waals surface area contributed by atoms with Crippen molar-refractivity contribution in [1.82, 2.24) is 53.2 Å². The molecular formula is C46H76N16O16. The highest BCUT2D eigenvalue weighted by molar-refractivity contribution is 6.38. The van der Waals surface area contributed by atoms with Gasteiger partial charge in [-0.05, 0) is 64.2 Å². The fraction of sp³-hybridized carbons (Fsp3) is 0.674. The summed E-state index contributed by atoms with van der Waals surface area (Å²) in [4.78, 5) is 167. The van der Waals surface area contributed by atoms with Crippen LogP contribution in [0.4, 0.5) is 9.59 Å². The summed E-state index contributed by atoms with van der Waals surface area (Å²) in [6, 6.07) is -13.3. The summed E-state index contributed by atoms with van der Waals surface area (Å²) < 4.78 is 4.94. The topological polar surface area (TPSA) is 524 Å². The van der Waals surface area contributed by atoms with Crippen LogP contribution in [0, 0.1) is 11.8 Å². The number of nitrogens with one attached hydrogen (secondary N) is 10. The molecule has 20 N–H and O–H groups in total. The smallest absolute Gasteiger partial charge is 0.326 e. The van der Waals surface area contributed by atoms with E-state index in [2.05, 4.69) is 63.2 Å². The highest BCUT2D eigenvalue weighted by Gasteiger charge is 2.39. The average Bonchev–Trinajstić information content (AvgIpc) is 4.19. The quantitative estimate of drug-likeness (QED) is 0.0235. The van der Waals surface area contributed by atoms with E-state index in [0.29, 0.717) is 0 Å². The number of carboxylic acids is 2. The molecule has 3 aliphatic rings. The number of ether oxygens (including phenoxy) is 1. The molecule has 11 unspecified atom stereocenters. The molecule has 3 rings (SSSR count). The largest absolute Gasteiger partial charge is 0.480 e. The Balaban J connectivity index is 0.000000533. The van der Waals surface area contributed by atoms with Crippen molar-refractivity contribution in [2.24, 2.45) is 44.8 Å². The van der Waals surface area contributed by atoms with Crippen LogP contribution in [0.3, 0.4) is 0 Å². The monoisotopic (exact) mass is 1110 g/mol. The van der Waals surface area contributed by atoms with E-state index in [1.807, 2.05) is 0 Å². The number of nitrogens with two attached hydrogens (primary N) is 4. The Morgan fingerprint density at radius 3 is 1.24 bits per heavy atom. The number of carboxylic acid groups (broad SMARTS) is 2. The molecule has 0 spiro atoms. The summed E-state index contributed by atoms with van der Waals surface area (Å²) in [5, 5.41) is 43.8. The van der Waals surface area contributed by atoms with Crippen LogP contribution in [0.2, 0.25) is 0 Å². The van der Waals surface area contributed by atoms with Crippen LogP contribution in [0.15, 0.2) is 9.98 Å². The van der Waals surface area contributed by atoms with Gasteiger partial charge in [-0.15, -0.1) is 0 Å². The van der Waals surface area contributed by atoms with Crippen LogP contribution in [-0.2, 0) is 57.5 Å². The van der Waals surface area contributed by atoms with Gasteiger partial charge in [-0.3, -0.25) is 53.1 Å². The van der Waals surface area contributed by atoms with Gasteiger partial charge in [0.15, 0.2) is 23.5 Å². The zero-order chi connectivity index (χ0) is 59.1. The zero-order valence-corrected chi connectivity index (χ0v) is 44.6. The molecular weight excluding hydrogens is 1030 g/mol. The zero-order valence-electron chi connectivity index (χ0n) is 44.6. The Labute approximate surface area is 449 Å². The number of aliphatic carboxylic acids is 2. The molecule has 0 saturated carbocycles. The van der Waals surface area contributed by atoms with E-state index in [0.717, 1.165) is 6.92 Å². The van der Waals surface area contributed by atoms with Crippen molar-refractivity contribution in [3.63, 3.8) is 0 Å². The van der Waals surface area contributed by atoms with Gasteiger partial charge in [0.2, 0.25) is 41.2 Å². The van der Waals surface area contributed by atoms with E-state index < -0.39 is 138 Å². The third kappa shape index (κ3) is 23.8. The molecule has 10 amide bonds. The van der Waals surface area contributed by atoms with Crippen molar-refractivity contribution in [3.05, 3.63) is 0 Å². The van der Waals surface area contributed by atoms with Gasteiger partial charge >= 0.3 is 24.0 Å². The fourth-order valence-corrected chi connectivity index (χ4v) is 7.72. The Kier molecular flexibility index (Phi) is 26.8. The van der Waals surface area contributed by atoms with Crippen LogP contribution >= 0.6 is 0 Å². The number of nitrogens with zero attached hydrogens (tertiary/aromatic N) is 2. The van der Waals surface area contributed by atoms with E-state index in [4.69, 9.17) is 27.7 Å². The first-order valence-corrected chi connectivity index (χ1v) is 25.1. The van der Waals surface area contributed by atoms with E-state index in [1.54, 1.807) is 27.7 Å². The van der Waals surface area contributed by atoms with Gasteiger partial charge in [-0.2, -0.15) is 0 Å². The molecule has 0 aromatic carbocycles. The van der Waals surface area contributed by atoms with Crippen molar-refractivity contribution in [3.8, 4) is 0 Å². The van der Waals surface area contributed by atoms with Gasteiger partial charge in [0.25, 0.3) is 0 Å². The number of carbonyl (C=O) groups excluding carboxylic acids is 11. The predicted molar refractivity (Wildman–Crippen MR) is 275 cm³/mol. The van der Waals surface area contributed by atoms with Gasteiger partial charge in [0.1, 0.15) is 42.4 Å². The van der Waals surface area contributed by atoms with Gasteiger partial charge in [-0.1, -0.05) is 27.7 Å². The van der Waals surface area contributed by atoms with Crippen LogP contribution in [0.25, 0.3) is 0 Å². The minimum absolute atomic E-state index is 0.00840. The maximum absolute atomic E-state index is 13.4. The number of epoxide rings is 1. The molecule has 1 saturated heterocycles. The van der Waals surface area contributed by atoms with E-state index in [-0.39, 0.29) is 101 Å². The fourth-order valence-electron chi connectivity index (χ4n) is 7.72. The number of aliphatic imine (C=N–C) groups is 2. The van der Waals surface area contributed by atoms with Crippen molar-refractivity contribution in [1.29, 1.82) is 0 Å². The molecule has 0 aliphatic carbocycles. The molecule has 32 nitrogen and oxygen atoms in total. The number of primary amides is 2. The van der Waals surface area contributed by atoms with Crippen LogP contribution in [-0.4, -0.2) is 185 Å². The number of ketones is 3. The second-order valence-corrected chi connectivity index (χ2v) is 19.6. The van der Waals surface area contributed by atoms with Crippen molar-refractivity contribution < 1.29 is 77.3 Å².